The van der Waals surface area contributed by atoms with Gasteiger partial charge in [-0.2, -0.15) is 0 Å². The molecule has 0 radical (unpaired) electrons. The number of piperidine rings is 1. The molecule has 112 valence electrons. The smallest absolute Gasteiger partial charge is 0.410 e. The average molecular weight is 290 g/mol. The highest BCUT2D eigenvalue weighted by Gasteiger charge is 2.35. The third-order valence-corrected chi connectivity index (χ3v) is 3.56. The summed E-state index contributed by atoms with van der Waals surface area (Å²) in [7, 11) is 0. The van der Waals surface area contributed by atoms with Gasteiger partial charge in [0.15, 0.2) is 0 Å². The van der Waals surface area contributed by atoms with Crippen LogP contribution in [-0.4, -0.2) is 41.3 Å². The van der Waals surface area contributed by atoms with Crippen LogP contribution in [0.5, 0.6) is 0 Å². The molecule has 1 aliphatic heterocycles. The molecule has 1 fully saturated rings. The molecule has 1 N–H and O–H groups in total. The van der Waals surface area contributed by atoms with Gasteiger partial charge in [-0.25, -0.2) is 4.79 Å². The van der Waals surface area contributed by atoms with Crippen LogP contribution in [0.25, 0.3) is 10.4 Å². The lowest BCUT2D eigenvalue weighted by Gasteiger charge is -2.37. The molecule has 1 aliphatic rings. The molecule has 1 aromatic carbocycles. The molecular weight excluding hydrogens is 272 g/mol. The minimum Gasteiger partial charge on any atom is -0.445 e. The average Bonchev–Trinajstić information content (AvgIpc) is 2.50. The van der Waals surface area contributed by atoms with Gasteiger partial charge in [0.05, 0.1) is 12.1 Å². The van der Waals surface area contributed by atoms with Crippen LogP contribution in [0.15, 0.2) is 35.4 Å². The third kappa shape index (κ3) is 3.87. The van der Waals surface area contributed by atoms with Crippen molar-refractivity contribution in [3.63, 3.8) is 0 Å². The van der Waals surface area contributed by atoms with Gasteiger partial charge >= 0.3 is 6.09 Å². The SMILES string of the molecule is CC1CN(C(=O)OCc2ccccc2)CC(N=[N+]=[N-])C1O. The van der Waals surface area contributed by atoms with Crippen molar-refractivity contribution in [2.45, 2.75) is 25.7 Å². The topological polar surface area (TPSA) is 98.5 Å². The lowest BCUT2D eigenvalue weighted by atomic mass is 9.93. The van der Waals surface area contributed by atoms with E-state index in [9.17, 15) is 9.90 Å². The first-order valence-electron chi connectivity index (χ1n) is 6.79. The summed E-state index contributed by atoms with van der Waals surface area (Å²) in [5.74, 6) is -0.168. The maximum Gasteiger partial charge on any atom is 0.410 e. The lowest BCUT2D eigenvalue weighted by Crippen LogP contribution is -2.52. The molecule has 0 spiro atoms. The monoisotopic (exact) mass is 290 g/mol. The van der Waals surface area contributed by atoms with Crippen LogP contribution < -0.4 is 0 Å². The highest BCUT2D eigenvalue weighted by Crippen LogP contribution is 2.20. The zero-order chi connectivity index (χ0) is 15.2. The Kier molecular flexibility index (Phi) is 5.03. The maximum atomic E-state index is 12.1. The number of aliphatic hydroxyl groups is 1. The minimum absolute atomic E-state index is 0.168. The largest absolute Gasteiger partial charge is 0.445 e. The van der Waals surface area contributed by atoms with E-state index in [1.807, 2.05) is 30.3 Å². The number of azide groups is 1. The molecule has 0 bridgehead atoms. The molecule has 1 amide bonds. The Morgan fingerprint density at radius 1 is 1.48 bits per heavy atom. The van der Waals surface area contributed by atoms with E-state index in [0.29, 0.717) is 6.54 Å². The van der Waals surface area contributed by atoms with Crippen LogP contribution in [-0.2, 0) is 11.3 Å². The maximum absolute atomic E-state index is 12.1. The molecule has 3 unspecified atom stereocenters. The van der Waals surface area contributed by atoms with E-state index < -0.39 is 18.2 Å². The number of benzene rings is 1. The second-order valence-corrected chi connectivity index (χ2v) is 5.19. The number of amides is 1. The summed E-state index contributed by atoms with van der Waals surface area (Å²) in [5, 5.41) is 13.5. The van der Waals surface area contributed by atoms with Crippen molar-refractivity contribution in [3.05, 3.63) is 46.3 Å². The Balaban J connectivity index is 1.94. The van der Waals surface area contributed by atoms with E-state index in [2.05, 4.69) is 10.0 Å². The van der Waals surface area contributed by atoms with Crippen molar-refractivity contribution in [1.82, 2.24) is 4.90 Å². The highest BCUT2D eigenvalue weighted by molar-refractivity contribution is 5.68. The van der Waals surface area contributed by atoms with Crippen molar-refractivity contribution < 1.29 is 14.6 Å². The Bertz CT molecular complexity index is 530. The van der Waals surface area contributed by atoms with Crippen molar-refractivity contribution in [2.24, 2.45) is 11.0 Å². The molecule has 7 nitrogen and oxygen atoms in total. The van der Waals surface area contributed by atoms with Gasteiger partial charge < -0.3 is 14.7 Å². The van der Waals surface area contributed by atoms with Crippen molar-refractivity contribution in [2.75, 3.05) is 13.1 Å². The Labute approximate surface area is 122 Å². The number of carbonyl (C=O) groups excluding carboxylic acids is 1. The molecular formula is C14H18N4O3. The van der Waals surface area contributed by atoms with E-state index in [0.717, 1.165) is 5.56 Å². The number of hydrogen-bond acceptors (Lipinski definition) is 4. The van der Waals surface area contributed by atoms with Crippen LogP contribution in [0.4, 0.5) is 4.79 Å². The number of rotatable bonds is 3. The second-order valence-electron chi connectivity index (χ2n) is 5.19. The molecule has 1 heterocycles. The summed E-state index contributed by atoms with van der Waals surface area (Å²) >= 11 is 0. The highest BCUT2D eigenvalue weighted by atomic mass is 16.6. The molecule has 1 saturated heterocycles. The van der Waals surface area contributed by atoms with Crippen LogP contribution in [0.3, 0.4) is 0 Å². The van der Waals surface area contributed by atoms with Gasteiger partial charge in [-0.15, -0.1) is 0 Å². The van der Waals surface area contributed by atoms with E-state index in [-0.39, 0.29) is 19.1 Å². The molecule has 2 rings (SSSR count). The predicted octanol–water partition coefficient (Wildman–Crippen LogP) is 2.31. The fraction of sp³-hybridized carbons (Fsp3) is 0.500. The molecule has 0 aromatic heterocycles. The molecule has 7 heteroatoms. The van der Waals surface area contributed by atoms with Gasteiger partial charge in [0.1, 0.15) is 6.61 Å². The summed E-state index contributed by atoms with van der Waals surface area (Å²) in [6, 6.07) is 8.75. The Morgan fingerprint density at radius 2 is 2.19 bits per heavy atom. The summed E-state index contributed by atoms with van der Waals surface area (Å²) in [4.78, 5) is 16.3. The number of likely N-dealkylation sites (tertiary alicyclic amines) is 1. The predicted molar refractivity (Wildman–Crippen MR) is 76.3 cm³/mol. The molecule has 1 aromatic rings. The second kappa shape index (κ2) is 6.97. The number of nitrogens with zero attached hydrogens (tertiary/aromatic N) is 4. The zero-order valence-corrected chi connectivity index (χ0v) is 11.8. The first kappa shape index (κ1) is 15.2. The molecule has 3 atom stereocenters. The normalized spacial score (nSPS) is 25.0. The number of hydrogen-bond donors (Lipinski definition) is 1. The van der Waals surface area contributed by atoms with E-state index in [4.69, 9.17) is 10.3 Å². The van der Waals surface area contributed by atoms with E-state index in [1.165, 1.54) is 4.90 Å². The Hall–Kier alpha value is -2.24. The summed E-state index contributed by atoms with van der Waals surface area (Å²) in [6.45, 7) is 2.55. The van der Waals surface area contributed by atoms with Gasteiger partial charge in [0.2, 0.25) is 0 Å². The third-order valence-electron chi connectivity index (χ3n) is 3.56. The Morgan fingerprint density at radius 3 is 2.86 bits per heavy atom. The fourth-order valence-electron chi connectivity index (χ4n) is 2.37. The van der Waals surface area contributed by atoms with Gasteiger partial charge in [-0.3, -0.25) is 0 Å². The van der Waals surface area contributed by atoms with E-state index in [1.54, 1.807) is 6.92 Å². The van der Waals surface area contributed by atoms with Crippen LogP contribution in [0.1, 0.15) is 12.5 Å². The lowest BCUT2D eigenvalue weighted by molar-refractivity contribution is 0.0113. The van der Waals surface area contributed by atoms with Crippen LogP contribution in [0, 0.1) is 5.92 Å². The summed E-state index contributed by atoms with van der Waals surface area (Å²) < 4.78 is 5.25. The zero-order valence-electron chi connectivity index (χ0n) is 11.8. The van der Waals surface area contributed by atoms with Crippen molar-refractivity contribution in [1.29, 1.82) is 0 Å². The van der Waals surface area contributed by atoms with Gasteiger partial charge in [-0.1, -0.05) is 42.4 Å². The summed E-state index contributed by atoms with van der Waals surface area (Å²) in [6.07, 6.45) is -1.20. The quantitative estimate of drug-likeness (QED) is 0.525. The van der Waals surface area contributed by atoms with Crippen LogP contribution >= 0.6 is 0 Å². The van der Waals surface area contributed by atoms with Gasteiger partial charge in [-0.05, 0) is 11.1 Å². The summed E-state index contributed by atoms with van der Waals surface area (Å²) in [5.41, 5.74) is 9.42. The first-order valence-corrected chi connectivity index (χ1v) is 6.79. The molecule has 0 aliphatic carbocycles. The molecule has 0 saturated carbocycles. The van der Waals surface area contributed by atoms with Crippen molar-refractivity contribution >= 4 is 6.09 Å². The number of carbonyl (C=O) groups is 1. The van der Waals surface area contributed by atoms with Crippen molar-refractivity contribution in [3.8, 4) is 0 Å². The standard InChI is InChI=1S/C14H18N4O3/c1-10-7-18(8-12(13(10)19)16-17-15)14(20)21-9-11-5-3-2-4-6-11/h2-6,10,12-13,19H,7-9H2,1H3. The molecule has 21 heavy (non-hydrogen) atoms. The minimum atomic E-state index is -0.737. The van der Waals surface area contributed by atoms with Crippen LogP contribution in [0.2, 0.25) is 0 Å². The van der Waals surface area contributed by atoms with Gasteiger partial charge in [0.25, 0.3) is 0 Å². The first-order chi connectivity index (χ1) is 10.1. The van der Waals surface area contributed by atoms with Gasteiger partial charge in [0, 0.05) is 23.9 Å². The van der Waals surface area contributed by atoms with E-state index >= 15 is 0 Å². The fourth-order valence-corrected chi connectivity index (χ4v) is 2.37. The number of aliphatic hydroxyl groups excluding tert-OH is 1. The number of ether oxygens (including phenoxy) is 1.